The van der Waals surface area contributed by atoms with Gasteiger partial charge in [-0.15, -0.1) is 5.10 Å². The second-order valence-corrected chi connectivity index (χ2v) is 9.91. The fraction of sp³-hybridized carbons (Fsp3) is 0.650. The van der Waals surface area contributed by atoms with Crippen molar-refractivity contribution >= 4 is 27.0 Å². The molecule has 1 aromatic heterocycles. The Morgan fingerprint density at radius 2 is 1.59 bits per heavy atom. The molecule has 1 amide bonds. The molecule has 2 aliphatic rings. The molecule has 0 bridgehead atoms. The molecule has 0 radical (unpaired) electrons. The zero-order valence-corrected chi connectivity index (χ0v) is 17.6. The first kappa shape index (κ1) is 20.3. The Hall–Kier alpha value is -2.00. The molecule has 0 unspecified atom stereocenters. The van der Waals surface area contributed by atoms with Crippen LogP contribution in [-0.2, 0) is 21.4 Å². The van der Waals surface area contributed by atoms with Crippen molar-refractivity contribution in [2.24, 2.45) is 0 Å². The number of fused-ring (bicyclic) bond motifs is 1. The maximum absolute atomic E-state index is 12.9. The minimum atomic E-state index is -3.49. The summed E-state index contributed by atoms with van der Waals surface area (Å²) in [5.74, 6) is 0.153. The molecular formula is C20H29N5O3S. The lowest BCUT2D eigenvalue weighted by Crippen LogP contribution is -2.35. The summed E-state index contributed by atoms with van der Waals surface area (Å²) in [6.07, 6.45) is 7.81. The fourth-order valence-electron chi connectivity index (χ4n) is 4.21. The molecule has 2 fully saturated rings. The van der Waals surface area contributed by atoms with Gasteiger partial charge in [0.25, 0.3) is 0 Å². The van der Waals surface area contributed by atoms with Crippen molar-refractivity contribution in [3.63, 3.8) is 0 Å². The van der Waals surface area contributed by atoms with Crippen LogP contribution in [0.1, 0.15) is 51.4 Å². The van der Waals surface area contributed by atoms with Crippen molar-refractivity contribution in [3.8, 4) is 0 Å². The molecule has 158 valence electrons. The number of likely N-dealkylation sites (tertiary alicyclic amines) is 1. The third-order valence-electron chi connectivity index (χ3n) is 5.93. The van der Waals surface area contributed by atoms with Gasteiger partial charge in [-0.3, -0.25) is 4.79 Å². The third kappa shape index (κ3) is 4.45. The molecule has 0 N–H and O–H groups in total. The number of sulfonamides is 1. The number of carbonyl (C=O) groups excluding carboxylic acids is 1. The number of aryl methyl sites for hydroxylation is 1. The third-order valence-corrected chi connectivity index (χ3v) is 7.83. The molecule has 29 heavy (non-hydrogen) atoms. The molecule has 2 aliphatic heterocycles. The number of nitrogens with zero attached hydrogens (tertiary/aromatic N) is 5. The number of benzene rings is 1. The van der Waals surface area contributed by atoms with Crippen LogP contribution >= 0.6 is 0 Å². The van der Waals surface area contributed by atoms with Gasteiger partial charge in [-0.05, 0) is 43.9 Å². The van der Waals surface area contributed by atoms with E-state index in [1.54, 1.807) is 27.2 Å². The Labute approximate surface area is 171 Å². The Morgan fingerprint density at radius 1 is 0.931 bits per heavy atom. The van der Waals surface area contributed by atoms with Gasteiger partial charge in [0.15, 0.2) is 0 Å². The van der Waals surface area contributed by atoms with Crippen LogP contribution in [0.25, 0.3) is 11.0 Å². The second-order valence-electron chi connectivity index (χ2n) is 7.97. The zero-order valence-electron chi connectivity index (χ0n) is 16.8. The van der Waals surface area contributed by atoms with E-state index in [-0.39, 0.29) is 10.8 Å². The molecule has 3 heterocycles. The number of aromatic nitrogens is 3. The van der Waals surface area contributed by atoms with Gasteiger partial charge in [0.05, 0.1) is 17.0 Å². The standard InChI is InChI=1S/C20H29N5O3S/c26-20(23-11-4-1-2-5-12-23)10-15-25-19-9-8-17(16-18(19)21-22-25)29(27,28)24-13-6-3-7-14-24/h8-9,16H,1-7,10-15H2. The van der Waals surface area contributed by atoms with Gasteiger partial charge < -0.3 is 4.90 Å². The number of amides is 1. The van der Waals surface area contributed by atoms with Crippen LogP contribution in [0.3, 0.4) is 0 Å². The van der Waals surface area contributed by atoms with E-state index in [0.717, 1.165) is 50.7 Å². The number of hydrogen-bond donors (Lipinski definition) is 0. The van der Waals surface area contributed by atoms with Crippen molar-refractivity contribution in [3.05, 3.63) is 18.2 Å². The van der Waals surface area contributed by atoms with Gasteiger partial charge in [0.2, 0.25) is 15.9 Å². The van der Waals surface area contributed by atoms with Crippen molar-refractivity contribution in [2.45, 2.75) is 62.8 Å². The summed E-state index contributed by atoms with van der Waals surface area (Å²) in [6, 6.07) is 4.98. The number of carbonyl (C=O) groups is 1. The van der Waals surface area contributed by atoms with E-state index in [2.05, 4.69) is 10.3 Å². The van der Waals surface area contributed by atoms with Crippen LogP contribution in [0.5, 0.6) is 0 Å². The van der Waals surface area contributed by atoms with Crippen molar-refractivity contribution < 1.29 is 13.2 Å². The Balaban J connectivity index is 1.46. The molecule has 8 nitrogen and oxygen atoms in total. The van der Waals surface area contributed by atoms with Crippen LogP contribution in [-0.4, -0.2) is 64.7 Å². The molecular weight excluding hydrogens is 390 g/mol. The first-order valence-electron chi connectivity index (χ1n) is 10.7. The van der Waals surface area contributed by atoms with Crippen LogP contribution in [0, 0.1) is 0 Å². The number of piperidine rings is 1. The van der Waals surface area contributed by atoms with E-state index in [1.807, 2.05) is 4.90 Å². The highest BCUT2D eigenvalue weighted by molar-refractivity contribution is 7.89. The van der Waals surface area contributed by atoms with Crippen molar-refractivity contribution in [1.29, 1.82) is 0 Å². The lowest BCUT2D eigenvalue weighted by Gasteiger charge is -2.25. The van der Waals surface area contributed by atoms with E-state index in [1.165, 1.54) is 12.8 Å². The Bertz CT molecular complexity index is 958. The van der Waals surface area contributed by atoms with Gasteiger partial charge in [-0.25, -0.2) is 13.1 Å². The predicted octanol–water partition coefficient (Wildman–Crippen LogP) is 2.40. The monoisotopic (exact) mass is 419 g/mol. The highest BCUT2D eigenvalue weighted by Gasteiger charge is 2.26. The van der Waals surface area contributed by atoms with Crippen LogP contribution < -0.4 is 0 Å². The van der Waals surface area contributed by atoms with Gasteiger partial charge in [0.1, 0.15) is 5.52 Å². The summed E-state index contributed by atoms with van der Waals surface area (Å²) in [4.78, 5) is 14.7. The average Bonchev–Trinajstić information content (AvgIpc) is 2.95. The molecule has 0 saturated carbocycles. The van der Waals surface area contributed by atoms with Gasteiger partial charge in [-0.2, -0.15) is 4.31 Å². The fourth-order valence-corrected chi connectivity index (χ4v) is 5.75. The van der Waals surface area contributed by atoms with E-state index >= 15 is 0 Å². The summed E-state index contributed by atoms with van der Waals surface area (Å²) in [6.45, 7) is 3.28. The quantitative estimate of drug-likeness (QED) is 0.743. The highest BCUT2D eigenvalue weighted by atomic mass is 32.2. The predicted molar refractivity (Wildman–Crippen MR) is 110 cm³/mol. The Kier molecular flexibility index (Phi) is 6.15. The summed E-state index contributed by atoms with van der Waals surface area (Å²) in [7, 11) is -3.49. The maximum Gasteiger partial charge on any atom is 0.243 e. The smallest absolute Gasteiger partial charge is 0.243 e. The van der Waals surface area contributed by atoms with Crippen LogP contribution in [0.4, 0.5) is 0 Å². The summed E-state index contributed by atoms with van der Waals surface area (Å²) in [5, 5.41) is 8.30. The lowest BCUT2D eigenvalue weighted by molar-refractivity contribution is -0.131. The van der Waals surface area contributed by atoms with Gasteiger partial charge >= 0.3 is 0 Å². The molecule has 4 rings (SSSR count). The average molecular weight is 420 g/mol. The van der Waals surface area contributed by atoms with Crippen molar-refractivity contribution in [2.75, 3.05) is 26.2 Å². The molecule has 2 saturated heterocycles. The van der Waals surface area contributed by atoms with Crippen LogP contribution in [0.2, 0.25) is 0 Å². The molecule has 0 spiro atoms. The zero-order chi connectivity index (χ0) is 20.3. The number of rotatable bonds is 5. The first-order valence-corrected chi connectivity index (χ1v) is 12.1. The van der Waals surface area contributed by atoms with Crippen LogP contribution in [0.15, 0.2) is 23.1 Å². The molecule has 0 atom stereocenters. The van der Waals surface area contributed by atoms with E-state index < -0.39 is 10.0 Å². The molecule has 1 aromatic carbocycles. The summed E-state index contributed by atoms with van der Waals surface area (Å²) in [5.41, 5.74) is 1.30. The topological polar surface area (TPSA) is 88.4 Å². The van der Waals surface area contributed by atoms with E-state index in [0.29, 0.717) is 31.6 Å². The highest BCUT2D eigenvalue weighted by Crippen LogP contribution is 2.23. The van der Waals surface area contributed by atoms with E-state index in [4.69, 9.17) is 0 Å². The minimum Gasteiger partial charge on any atom is -0.343 e. The maximum atomic E-state index is 12.9. The van der Waals surface area contributed by atoms with Gasteiger partial charge in [-0.1, -0.05) is 24.5 Å². The molecule has 2 aromatic rings. The summed E-state index contributed by atoms with van der Waals surface area (Å²) >= 11 is 0. The van der Waals surface area contributed by atoms with Crippen molar-refractivity contribution in [1.82, 2.24) is 24.2 Å². The number of hydrogen-bond acceptors (Lipinski definition) is 5. The second kappa shape index (κ2) is 8.79. The Morgan fingerprint density at radius 3 is 2.31 bits per heavy atom. The van der Waals surface area contributed by atoms with Gasteiger partial charge in [0, 0.05) is 32.6 Å². The normalized spacial score (nSPS) is 19.4. The summed E-state index contributed by atoms with van der Waals surface area (Å²) < 4.78 is 29.0. The van der Waals surface area contributed by atoms with E-state index in [9.17, 15) is 13.2 Å². The molecule has 9 heteroatoms. The lowest BCUT2D eigenvalue weighted by atomic mass is 10.2. The SMILES string of the molecule is O=C(CCn1nnc2cc(S(=O)(=O)N3CCCCC3)ccc21)N1CCCCCC1. The first-order chi connectivity index (χ1) is 14.1. The largest absolute Gasteiger partial charge is 0.343 e. The molecule has 0 aliphatic carbocycles. The minimum absolute atomic E-state index is 0.153.